The first-order chi connectivity index (χ1) is 5.45. The third-order valence-corrected chi connectivity index (χ3v) is 0.993. The highest BCUT2D eigenvalue weighted by atomic mass is 35.6. The Morgan fingerprint density at radius 2 is 2.00 bits per heavy atom. The number of carbonyl (C=O) groups excluding carboxylic acids is 2. The molecular weight excluding hydrogens is 230 g/mol. The molecule has 0 aliphatic carbocycles. The van der Waals surface area contributed by atoms with Crippen LogP contribution in [0.3, 0.4) is 0 Å². The fraction of sp³-hybridized carbons (Fsp3) is 0.600. The lowest BCUT2D eigenvalue weighted by Crippen LogP contribution is -2.20. The van der Waals surface area contributed by atoms with Crippen LogP contribution in [0.25, 0.3) is 0 Å². The van der Waals surface area contributed by atoms with Gasteiger partial charge in [-0.3, -0.25) is 4.79 Å². The zero-order chi connectivity index (χ0) is 9.61. The molecule has 0 aromatic rings. The molecule has 0 saturated heterocycles. The zero-order valence-electron chi connectivity index (χ0n) is 5.76. The van der Waals surface area contributed by atoms with Gasteiger partial charge in [-0.05, 0) is 0 Å². The average molecular weight is 235 g/mol. The molecule has 0 aliphatic heterocycles. The molecule has 0 unspecified atom stereocenters. The lowest BCUT2D eigenvalue weighted by Gasteiger charge is -2.10. The average Bonchev–Trinajstić information content (AvgIpc) is 1.95. The first-order valence-electron chi connectivity index (χ1n) is 2.73. The van der Waals surface area contributed by atoms with Crippen LogP contribution in [0, 0.1) is 0 Å². The minimum atomic E-state index is -1.64. The summed E-state index contributed by atoms with van der Waals surface area (Å²) in [6.45, 7) is -0.737. The molecule has 0 N–H and O–H groups in total. The summed E-state index contributed by atoms with van der Waals surface area (Å²) in [4.78, 5) is 20.2. The van der Waals surface area contributed by atoms with Gasteiger partial charge in [-0.25, -0.2) is 4.79 Å². The SMILES string of the molecule is O=COCC(=O)OCC(Cl)(Cl)Cl. The maximum absolute atomic E-state index is 10.6. The van der Waals surface area contributed by atoms with Gasteiger partial charge in [-0.15, -0.1) is 0 Å². The summed E-state index contributed by atoms with van der Waals surface area (Å²) in [5, 5.41) is 0. The van der Waals surface area contributed by atoms with Crippen LogP contribution in [0.4, 0.5) is 0 Å². The Hall–Kier alpha value is -0.190. The minimum absolute atomic E-state index is 0.122. The molecule has 70 valence electrons. The van der Waals surface area contributed by atoms with Crippen molar-refractivity contribution in [1.82, 2.24) is 0 Å². The van der Waals surface area contributed by atoms with Crippen LogP contribution in [-0.4, -0.2) is 29.4 Å². The van der Waals surface area contributed by atoms with Gasteiger partial charge in [0.25, 0.3) is 6.47 Å². The van der Waals surface area contributed by atoms with Crippen molar-refractivity contribution in [2.24, 2.45) is 0 Å². The summed E-state index contributed by atoms with van der Waals surface area (Å²) in [7, 11) is 0. The zero-order valence-corrected chi connectivity index (χ0v) is 8.03. The van der Waals surface area contributed by atoms with Gasteiger partial charge in [-0.2, -0.15) is 0 Å². The van der Waals surface area contributed by atoms with Crippen LogP contribution >= 0.6 is 34.8 Å². The molecule has 0 aliphatic rings. The highest BCUT2D eigenvalue weighted by molar-refractivity contribution is 6.67. The van der Waals surface area contributed by atoms with E-state index < -0.39 is 16.4 Å². The maximum atomic E-state index is 10.6. The van der Waals surface area contributed by atoms with Crippen LogP contribution in [0.2, 0.25) is 0 Å². The van der Waals surface area contributed by atoms with E-state index in [1.54, 1.807) is 0 Å². The molecule has 0 spiro atoms. The smallest absolute Gasteiger partial charge is 0.344 e. The van der Waals surface area contributed by atoms with Crippen LogP contribution in [0.5, 0.6) is 0 Å². The van der Waals surface area contributed by atoms with Crippen LogP contribution in [-0.2, 0) is 19.1 Å². The largest absolute Gasteiger partial charge is 0.459 e. The fourth-order valence-corrected chi connectivity index (χ4v) is 0.470. The predicted molar refractivity (Wildman–Crippen MR) is 43.3 cm³/mol. The van der Waals surface area contributed by atoms with Gasteiger partial charge in [0, 0.05) is 0 Å². The van der Waals surface area contributed by atoms with Gasteiger partial charge in [0.1, 0.15) is 6.61 Å². The number of esters is 1. The van der Waals surface area contributed by atoms with Crippen LogP contribution < -0.4 is 0 Å². The van der Waals surface area contributed by atoms with Gasteiger partial charge in [0.05, 0.1) is 0 Å². The minimum Gasteiger partial charge on any atom is -0.459 e. The van der Waals surface area contributed by atoms with Gasteiger partial charge in [-0.1, -0.05) is 34.8 Å². The van der Waals surface area contributed by atoms with Crippen molar-refractivity contribution in [3.8, 4) is 0 Å². The molecular formula is C5H5Cl3O4. The molecule has 0 aromatic carbocycles. The number of alkyl halides is 3. The number of hydrogen-bond acceptors (Lipinski definition) is 4. The van der Waals surface area contributed by atoms with E-state index in [-0.39, 0.29) is 13.1 Å². The Labute approximate surface area is 83.7 Å². The molecule has 0 aromatic heterocycles. The number of rotatable bonds is 4. The highest BCUT2D eigenvalue weighted by Crippen LogP contribution is 2.25. The Bertz CT molecular complexity index is 165. The molecule has 0 rings (SSSR count). The summed E-state index contributed by atoms with van der Waals surface area (Å²) < 4.78 is 6.82. The molecule has 0 heterocycles. The molecule has 4 nitrogen and oxygen atoms in total. The maximum Gasteiger partial charge on any atom is 0.344 e. The predicted octanol–water partition coefficient (Wildman–Crippen LogP) is 1.07. The van der Waals surface area contributed by atoms with E-state index in [1.165, 1.54) is 0 Å². The second-order valence-corrected chi connectivity index (χ2v) is 4.20. The lowest BCUT2D eigenvalue weighted by molar-refractivity contribution is -0.152. The monoisotopic (exact) mass is 234 g/mol. The van der Waals surface area contributed by atoms with Gasteiger partial charge >= 0.3 is 5.97 Å². The van der Waals surface area contributed by atoms with E-state index in [1.807, 2.05) is 0 Å². The van der Waals surface area contributed by atoms with Gasteiger partial charge < -0.3 is 9.47 Å². The van der Waals surface area contributed by atoms with E-state index in [0.29, 0.717) is 0 Å². The van der Waals surface area contributed by atoms with E-state index in [2.05, 4.69) is 9.47 Å². The second-order valence-electron chi connectivity index (χ2n) is 1.68. The van der Waals surface area contributed by atoms with Crippen molar-refractivity contribution in [1.29, 1.82) is 0 Å². The second kappa shape index (κ2) is 5.45. The fourth-order valence-electron chi connectivity index (χ4n) is 0.306. The van der Waals surface area contributed by atoms with Crippen molar-refractivity contribution < 1.29 is 19.1 Å². The van der Waals surface area contributed by atoms with Crippen molar-refractivity contribution in [2.75, 3.05) is 13.2 Å². The molecule has 0 atom stereocenters. The Balaban J connectivity index is 3.51. The van der Waals surface area contributed by atoms with E-state index in [9.17, 15) is 9.59 Å². The number of halogens is 3. The lowest BCUT2D eigenvalue weighted by atomic mass is 10.7. The standard InChI is InChI=1S/C5H5Cl3O4/c6-5(7,8)2-12-4(10)1-11-3-9/h3H,1-2H2. The number of ether oxygens (including phenoxy) is 2. The summed E-state index contributed by atoms with van der Waals surface area (Å²) in [5.74, 6) is -0.770. The Kier molecular flexibility index (Phi) is 5.37. The normalized spacial score (nSPS) is 10.6. The summed E-state index contributed by atoms with van der Waals surface area (Å²) in [6.07, 6.45) is 0. The Morgan fingerprint density at radius 3 is 2.42 bits per heavy atom. The highest BCUT2D eigenvalue weighted by Gasteiger charge is 2.22. The molecule has 0 radical (unpaired) electrons. The quantitative estimate of drug-likeness (QED) is 0.415. The number of carbonyl (C=O) groups is 2. The van der Waals surface area contributed by atoms with Crippen molar-refractivity contribution in [3.63, 3.8) is 0 Å². The van der Waals surface area contributed by atoms with E-state index in [4.69, 9.17) is 34.8 Å². The molecule has 0 bridgehead atoms. The first kappa shape index (κ1) is 11.8. The third-order valence-electron chi connectivity index (χ3n) is 0.666. The first-order valence-corrected chi connectivity index (χ1v) is 3.86. The van der Waals surface area contributed by atoms with Crippen molar-refractivity contribution >= 4 is 47.2 Å². The molecule has 0 fully saturated rings. The van der Waals surface area contributed by atoms with Crippen molar-refractivity contribution in [2.45, 2.75) is 3.79 Å². The molecule has 12 heavy (non-hydrogen) atoms. The van der Waals surface area contributed by atoms with E-state index >= 15 is 0 Å². The van der Waals surface area contributed by atoms with Gasteiger partial charge in [0.2, 0.25) is 3.79 Å². The van der Waals surface area contributed by atoms with E-state index in [0.717, 1.165) is 0 Å². The molecule has 7 heteroatoms. The van der Waals surface area contributed by atoms with Gasteiger partial charge in [0.15, 0.2) is 6.61 Å². The van der Waals surface area contributed by atoms with Crippen LogP contribution in [0.1, 0.15) is 0 Å². The van der Waals surface area contributed by atoms with Crippen molar-refractivity contribution in [3.05, 3.63) is 0 Å². The summed E-state index contributed by atoms with van der Waals surface area (Å²) in [6, 6.07) is 0. The molecule has 0 amide bonds. The summed E-state index contributed by atoms with van der Waals surface area (Å²) in [5.41, 5.74) is 0. The molecule has 0 saturated carbocycles. The summed E-state index contributed by atoms with van der Waals surface area (Å²) >= 11 is 15.8. The Morgan fingerprint density at radius 1 is 1.42 bits per heavy atom. The van der Waals surface area contributed by atoms with Crippen LogP contribution in [0.15, 0.2) is 0 Å². The topological polar surface area (TPSA) is 52.6 Å². The third kappa shape index (κ3) is 7.91. The number of hydrogen-bond donors (Lipinski definition) is 0.